The van der Waals surface area contributed by atoms with Gasteiger partial charge in [-0.05, 0) is 72.5 Å². The van der Waals surface area contributed by atoms with Crippen molar-refractivity contribution in [2.45, 2.75) is 19.4 Å². The summed E-state index contributed by atoms with van der Waals surface area (Å²) < 4.78 is 19.4. The number of halogens is 2. The predicted octanol–water partition coefficient (Wildman–Crippen LogP) is 6.46. The molecule has 33 heavy (non-hydrogen) atoms. The van der Waals surface area contributed by atoms with E-state index >= 15 is 0 Å². The molecule has 0 saturated carbocycles. The molecule has 0 spiro atoms. The molecule has 0 bridgehead atoms. The first kappa shape index (κ1) is 21.3. The van der Waals surface area contributed by atoms with E-state index in [0.717, 1.165) is 33.5 Å². The molecule has 5 nitrogen and oxygen atoms in total. The van der Waals surface area contributed by atoms with E-state index in [9.17, 15) is 9.18 Å². The third-order valence-electron chi connectivity index (χ3n) is 6.20. The number of nitrogens with one attached hydrogen (secondary N) is 2. The van der Waals surface area contributed by atoms with Crippen LogP contribution in [-0.4, -0.2) is 29.6 Å². The number of aryl methyl sites for hydroxylation is 1. The standard InChI is InChI=1S/C26H23ClFN3O2/c1-15-3-7-18(14-22(15)28)29-26(32)31-12-11-20-21-13-17(27)6-10-23(21)30-24(20)25(31)16-4-8-19(33-2)9-5-16/h3-10,13-14,25,30H,11-12H2,1-2H3,(H,29,32)/t25-/m1/s1. The maximum Gasteiger partial charge on any atom is 0.322 e. The normalized spacial score (nSPS) is 15.4. The summed E-state index contributed by atoms with van der Waals surface area (Å²) in [5.74, 6) is 0.386. The van der Waals surface area contributed by atoms with Gasteiger partial charge in [0.05, 0.1) is 13.2 Å². The Balaban J connectivity index is 1.57. The minimum absolute atomic E-state index is 0.290. The Kier molecular flexibility index (Phi) is 5.46. The Morgan fingerprint density at radius 2 is 1.94 bits per heavy atom. The fraction of sp³-hybridized carbons (Fsp3) is 0.192. The average molecular weight is 464 g/mol. The zero-order valence-electron chi connectivity index (χ0n) is 18.3. The van der Waals surface area contributed by atoms with Gasteiger partial charge >= 0.3 is 6.03 Å². The molecule has 0 unspecified atom stereocenters. The van der Waals surface area contributed by atoms with Crippen LogP contribution in [0.15, 0.2) is 60.7 Å². The Morgan fingerprint density at radius 3 is 2.67 bits per heavy atom. The van der Waals surface area contributed by atoms with Crippen molar-refractivity contribution in [3.8, 4) is 5.75 Å². The van der Waals surface area contributed by atoms with E-state index in [1.54, 1.807) is 31.1 Å². The minimum Gasteiger partial charge on any atom is -0.497 e. The van der Waals surface area contributed by atoms with Crippen LogP contribution in [0.1, 0.15) is 28.4 Å². The van der Waals surface area contributed by atoms with Gasteiger partial charge in [0.15, 0.2) is 0 Å². The highest BCUT2D eigenvalue weighted by molar-refractivity contribution is 6.31. The minimum atomic E-state index is -0.354. The van der Waals surface area contributed by atoms with Crippen LogP contribution in [-0.2, 0) is 6.42 Å². The predicted molar refractivity (Wildman–Crippen MR) is 129 cm³/mol. The highest BCUT2D eigenvalue weighted by atomic mass is 35.5. The van der Waals surface area contributed by atoms with Gasteiger partial charge in [-0.1, -0.05) is 29.8 Å². The molecule has 2 N–H and O–H groups in total. The molecule has 2 heterocycles. The molecule has 5 rings (SSSR count). The summed E-state index contributed by atoms with van der Waals surface area (Å²) in [6.07, 6.45) is 0.679. The van der Waals surface area contributed by atoms with E-state index in [4.69, 9.17) is 16.3 Å². The van der Waals surface area contributed by atoms with E-state index in [1.165, 1.54) is 6.07 Å². The van der Waals surface area contributed by atoms with Crippen molar-refractivity contribution in [1.82, 2.24) is 9.88 Å². The molecule has 0 fully saturated rings. The second-order valence-corrected chi connectivity index (χ2v) is 8.66. The average Bonchev–Trinajstić information content (AvgIpc) is 3.18. The van der Waals surface area contributed by atoms with Gasteiger partial charge in [-0.2, -0.15) is 0 Å². The third kappa shape index (κ3) is 3.91. The topological polar surface area (TPSA) is 57.4 Å². The van der Waals surface area contributed by atoms with Crippen molar-refractivity contribution in [1.29, 1.82) is 0 Å². The number of fused-ring (bicyclic) bond motifs is 3. The maximum atomic E-state index is 14.0. The number of methoxy groups -OCH3 is 1. The lowest BCUT2D eigenvalue weighted by Gasteiger charge is -2.36. The van der Waals surface area contributed by atoms with Crippen LogP contribution < -0.4 is 10.1 Å². The molecule has 0 radical (unpaired) electrons. The van der Waals surface area contributed by atoms with Gasteiger partial charge in [0.1, 0.15) is 11.6 Å². The van der Waals surface area contributed by atoms with Crippen molar-refractivity contribution in [3.05, 3.63) is 93.9 Å². The molecule has 1 aromatic heterocycles. The molecule has 7 heteroatoms. The van der Waals surface area contributed by atoms with E-state index in [-0.39, 0.29) is 17.9 Å². The zero-order valence-corrected chi connectivity index (χ0v) is 19.0. The van der Waals surface area contributed by atoms with Gasteiger partial charge < -0.3 is 19.9 Å². The second kappa shape index (κ2) is 8.45. The molecule has 1 aliphatic rings. The molecule has 1 atom stereocenters. The number of benzene rings is 3. The van der Waals surface area contributed by atoms with E-state index in [0.29, 0.717) is 29.2 Å². The van der Waals surface area contributed by atoms with E-state index in [1.807, 2.05) is 42.5 Å². The lowest BCUT2D eigenvalue weighted by Crippen LogP contribution is -2.43. The highest BCUT2D eigenvalue weighted by Crippen LogP contribution is 2.39. The summed E-state index contributed by atoms with van der Waals surface area (Å²) in [4.78, 5) is 18.7. The molecule has 1 aliphatic heterocycles. The number of ether oxygens (including phenoxy) is 1. The molecular formula is C26H23ClFN3O2. The van der Waals surface area contributed by atoms with Crippen molar-refractivity contribution < 1.29 is 13.9 Å². The highest BCUT2D eigenvalue weighted by Gasteiger charge is 2.34. The van der Waals surface area contributed by atoms with Crippen molar-refractivity contribution >= 4 is 34.2 Å². The first-order chi connectivity index (χ1) is 15.9. The van der Waals surface area contributed by atoms with Crippen molar-refractivity contribution in [3.63, 3.8) is 0 Å². The number of carbonyl (C=O) groups is 1. The summed E-state index contributed by atoms with van der Waals surface area (Å²) in [6, 6.07) is 17.5. The fourth-order valence-corrected chi connectivity index (χ4v) is 4.65. The molecule has 0 saturated heterocycles. The zero-order chi connectivity index (χ0) is 23.1. The van der Waals surface area contributed by atoms with Crippen LogP contribution in [0.25, 0.3) is 10.9 Å². The smallest absolute Gasteiger partial charge is 0.322 e. The number of aromatic nitrogens is 1. The molecule has 2 amide bonds. The number of hydrogen-bond acceptors (Lipinski definition) is 2. The number of hydrogen-bond donors (Lipinski definition) is 2. The number of amides is 2. The Labute approximate surface area is 196 Å². The molecule has 4 aromatic rings. The molecule has 3 aromatic carbocycles. The molecule has 168 valence electrons. The number of nitrogens with zero attached hydrogens (tertiary/aromatic N) is 1. The molecular weight excluding hydrogens is 441 g/mol. The van der Waals surface area contributed by atoms with Crippen LogP contribution in [0.3, 0.4) is 0 Å². The largest absolute Gasteiger partial charge is 0.497 e. The summed E-state index contributed by atoms with van der Waals surface area (Å²) >= 11 is 6.27. The summed E-state index contributed by atoms with van der Waals surface area (Å²) in [5, 5.41) is 4.60. The van der Waals surface area contributed by atoms with Crippen LogP contribution in [0.5, 0.6) is 5.75 Å². The number of anilines is 1. The van der Waals surface area contributed by atoms with E-state index in [2.05, 4.69) is 10.3 Å². The number of H-pyrrole nitrogens is 1. The van der Waals surface area contributed by atoms with Crippen LogP contribution in [0.4, 0.5) is 14.9 Å². The van der Waals surface area contributed by atoms with Gasteiger partial charge in [0.25, 0.3) is 0 Å². The van der Waals surface area contributed by atoms with Crippen molar-refractivity contribution in [2.24, 2.45) is 0 Å². The summed E-state index contributed by atoms with van der Waals surface area (Å²) in [6.45, 7) is 2.19. The monoisotopic (exact) mass is 463 g/mol. The first-order valence-corrected chi connectivity index (χ1v) is 11.1. The van der Waals surface area contributed by atoms with Gasteiger partial charge in [-0.3, -0.25) is 0 Å². The van der Waals surface area contributed by atoms with Crippen LogP contribution in [0.2, 0.25) is 5.02 Å². The number of rotatable bonds is 3. The van der Waals surface area contributed by atoms with Gasteiger partial charge in [0, 0.05) is 33.9 Å². The second-order valence-electron chi connectivity index (χ2n) is 8.22. The third-order valence-corrected chi connectivity index (χ3v) is 6.44. The van der Waals surface area contributed by atoms with E-state index < -0.39 is 0 Å². The van der Waals surface area contributed by atoms with Gasteiger partial charge in [-0.15, -0.1) is 0 Å². The fourth-order valence-electron chi connectivity index (χ4n) is 4.48. The maximum absolute atomic E-state index is 14.0. The lowest BCUT2D eigenvalue weighted by atomic mass is 9.92. The Morgan fingerprint density at radius 1 is 1.15 bits per heavy atom. The van der Waals surface area contributed by atoms with Crippen LogP contribution >= 0.6 is 11.6 Å². The molecule has 0 aliphatic carbocycles. The number of aromatic amines is 1. The Bertz CT molecular complexity index is 1350. The van der Waals surface area contributed by atoms with Gasteiger partial charge in [-0.25, -0.2) is 9.18 Å². The summed E-state index contributed by atoms with van der Waals surface area (Å²) in [7, 11) is 1.62. The van der Waals surface area contributed by atoms with Crippen molar-refractivity contribution in [2.75, 3.05) is 19.0 Å². The quantitative estimate of drug-likeness (QED) is 0.366. The number of carbonyl (C=O) groups excluding carboxylic acids is 1. The number of urea groups is 1. The Hall–Kier alpha value is -3.51. The van der Waals surface area contributed by atoms with Crippen LogP contribution in [0, 0.1) is 12.7 Å². The SMILES string of the molecule is COc1ccc([C@@H]2c3[nH]c4ccc(Cl)cc4c3CCN2C(=O)Nc2ccc(C)c(F)c2)cc1. The van der Waals surface area contributed by atoms with Gasteiger partial charge in [0.2, 0.25) is 0 Å². The summed E-state index contributed by atoms with van der Waals surface area (Å²) in [5.41, 5.74) is 4.98. The first-order valence-electron chi connectivity index (χ1n) is 10.7. The lowest BCUT2D eigenvalue weighted by molar-refractivity contribution is 0.193.